The lowest BCUT2D eigenvalue weighted by Crippen LogP contribution is -2.52. The Hall–Kier alpha value is -3.60. The molecule has 1 atom stereocenters. The SMILES string of the molecule is CCc1ccc(CCC(=O)N(Cc2cccc(OC)c2)[C@H](Cc2ccccc2)C(=O)NC2CCCCC2)cc1. The number of carbonyl (C=O) groups is 2. The second-order valence-corrected chi connectivity index (χ2v) is 10.6. The molecule has 0 aliphatic heterocycles. The van der Waals surface area contributed by atoms with Gasteiger partial charge in [0, 0.05) is 25.4 Å². The van der Waals surface area contributed by atoms with Crippen LogP contribution in [0, 0.1) is 0 Å². The highest BCUT2D eigenvalue weighted by molar-refractivity contribution is 5.88. The third-order valence-electron chi connectivity index (χ3n) is 7.77. The molecule has 3 aromatic rings. The minimum absolute atomic E-state index is 0.0166. The van der Waals surface area contributed by atoms with Crippen LogP contribution in [0.25, 0.3) is 0 Å². The fraction of sp³-hybridized carbons (Fsp3) is 0.412. The van der Waals surface area contributed by atoms with E-state index in [1.807, 2.05) is 54.6 Å². The van der Waals surface area contributed by atoms with Crippen molar-refractivity contribution in [2.24, 2.45) is 0 Å². The molecule has 0 bridgehead atoms. The molecule has 0 saturated heterocycles. The van der Waals surface area contributed by atoms with E-state index < -0.39 is 6.04 Å². The Morgan fingerprint density at radius 3 is 2.26 bits per heavy atom. The summed E-state index contributed by atoms with van der Waals surface area (Å²) in [6.45, 7) is 2.49. The van der Waals surface area contributed by atoms with Gasteiger partial charge in [0.2, 0.25) is 11.8 Å². The number of hydrogen-bond acceptors (Lipinski definition) is 3. The van der Waals surface area contributed by atoms with Crippen LogP contribution in [0.15, 0.2) is 78.9 Å². The second-order valence-electron chi connectivity index (χ2n) is 10.6. The average Bonchev–Trinajstić information content (AvgIpc) is 2.99. The number of rotatable bonds is 12. The fourth-order valence-corrected chi connectivity index (χ4v) is 5.40. The molecule has 1 saturated carbocycles. The van der Waals surface area contributed by atoms with Crippen molar-refractivity contribution in [1.82, 2.24) is 10.2 Å². The Balaban J connectivity index is 1.60. The molecule has 0 aromatic heterocycles. The number of ether oxygens (including phenoxy) is 1. The van der Waals surface area contributed by atoms with Gasteiger partial charge in [-0.05, 0) is 60.1 Å². The van der Waals surface area contributed by atoms with E-state index in [0.717, 1.165) is 54.5 Å². The van der Waals surface area contributed by atoms with Crippen LogP contribution < -0.4 is 10.1 Å². The zero-order valence-corrected chi connectivity index (χ0v) is 23.4. The van der Waals surface area contributed by atoms with Crippen molar-refractivity contribution < 1.29 is 14.3 Å². The highest BCUT2D eigenvalue weighted by Crippen LogP contribution is 2.22. The number of amides is 2. The van der Waals surface area contributed by atoms with Crippen molar-refractivity contribution in [3.8, 4) is 5.75 Å². The smallest absolute Gasteiger partial charge is 0.243 e. The average molecular weight is 527 g/mol. The van der Waals surface area contributed by atoms with Crippen LogP contribution in [0.3, 0.4) is 0 Å². The minimum atomic E-state index is -0.601. The highest BCUT2D eigenvalue weighted by Gasteiger charge is 2.31. The Bertz CT molecular complexity index is 1190. The number of hydrogen-bond donors (Lipinski definition) is 1. The van der Waals surface area contributed by atoms with Crippen LogP contribution in [0.4, 0.5) is 0 Å². The molecule has 3 aromatic carbocycles. The number of carbonyl (C=O) groups excluding carboxylic acids is 2. The minimum Gasteiger partial charge on any atom is -0.497 e. The third-order valence-corrected chi connectivity index (χ3v) is 7.77. The van der Waals surface area contributed by atoms with Crippen molar-refractivity contribution in [2.75, 3.05) is 7.11 Å². The Morgan fingerprint density at radius 1 is 0.872 bits per heavy atom. The number of methoxy groups -OCH3 is 1. The van der Waals surface area contributed by atoms with Crippen LogP contribution in [0.1, 0.15) is 67.7 Å². The van der Waals surface area contributed by atoms with Crippen LogP contribution in [-0.4, -0.2) is 35.9 Å². The van der Waals surface area contributed by atoms with E-state index >= 15 is 0 Å². The van der Waals surface area contributed by atoms with Gasteiger partial charge in [-0.25, -0.2) is 0 Å². The topological polar surface area (TPSA) is 58.6 Å². The molecule has 206 valence electrons. The number of benzene rings is 3. The van der Waals surface area contributed by atoms with Crippen molar-refractivity contribution in [3.05, 3.63) is 101 Å². The first kappa shape index (κ1) is 28.4. The predicted molar refractivity (Wildman–Crippen MR) is 157 cm³/mol. The molecular weight excluding hydrogens is 484 g/mol. The van der Waals surface area contributed by atoms with Gasteiger partial charge in [0.1, 0.15) is 11.8 Å². The maximum Gasteiger partial charge on any atom is 0.243 e. The van der Waals surface area contributed by atoms with Crippen molar-refractivity contribution in [1.29, 1.82) is 0 Å². The highest BCUT2D eigenvalue weighted by atomic mass is 16.5. The van der Waals surface area contributed by atoms with Gasteiger partial charge in [0.15, 0.2) is 0 Å². The zero-order chi connectivity index (χ0) is 27.5. The molecule has 0 heterocycles. The Labute approximate surface area is 233 Å². The van der Waals surface area contributed by atoms with Crippen molar-refractivity contribution >= 4 is 11.8 Å². The lowest BCUT2D eigenvalue weighted by atomic mass is 9.94. The van der Waals surface area contributed by atoms with E-state index in [-0.39, 0.29) is 17.9 Å². The normalized spacial score (nSPS) is 14.4. The van der Waals surface area contributed by atoms with E-state index in [1.54, 1.807) is 12.0 Å². The van der Waals surface area contributed by atoms with Gasteiger partial charge in [0.25, 0.3) is 0 Å². The van der Waals surface area contributed by atoms with E-state index in [9.17, 15) is 9.59 Å². The summed E-state index contributed by atoms with van der Waals surface area (Å²) < 4.78 is 5.44. The third kappa shape index (κ3) is 8.44. The quantitative estimate of drug-likeness (QED) is 0.302. The first-order valence-corrected chi connectivity index (χ1v) is 14.4. The standard InChI is InChI=1S/C34H42N2O3/c1-3-26-17-19-27(20-18-26)21-22-33(37)36(25-29-13-10-16-31(23-29)39-2)32(24-28-11-6-4-7-12-28)34(38)35-30-14-8-5-9-15-30/h4,6-7,10-13,16-20,23,30,32H,3,5,8-9,14-15,21-22,24-25H2,1-2H3,(H,35,38)/t32-/m1/s1. The Morgan fingerprint density at radius 2 is 1.56 bits per heavy atom. The van der Waals surface area contributed by atoms with Crippen LogP contribution in [0.2, 0.25) is 0 Å². The molecular formula is C34H42N2O3. The number of nitrogens with zero attached hydrogens (tertiary/aromatic N) is 1. The van der Waals surface area contributed by atoms with Crippen LogP contribution >= 0.6 is 0 Å². The van der Waals surface area contributed by atoms with Gasteiger partial charge >= 0.3 is 0 Å². The summed E-state index contributed by atoms with van der Waals surface area (Å²) in [6, 6.07) is 25.8. The van der Waals surface area contributed by atoms with Gasteiger partial charge in [-0.3, -0.25) is 9.59 Å². The molecule has 0 radical (unpaired) electrons. The van der Waals surface area contributed by atoms with Gasteiger partial charge in [0.05, 0.1) is 7.11 Å². The lowest BCUT2D eigenvalue weighted by Gasteiger charge is -2.33. The zero-order valence-electron chi connectivity index (χ0n) is 23.4. The first-order valence-electron chi connectivity index (χ1n) is 14.4. The summed E-state index contributed by atoms with van der Waals surface area (Å²) >= 11 is 0. The van der Waals surface area contributed by atoms with Crippen LogP contribution in [0.5, 0.6) is 5.75 Å². The Kier molecular flexibility index (Phi) is 10.6. The molecule has 4 rings (SSSR count). The van der Waals surface area contributed by atoms with Gasteiger partial charge in [-0.2, -0.15) is 0 Å². The first-order chi connectivity index (χ1) is 19.1. The summed E-state index contributed by atoms with van der Waals surface area (Å²) in [7, 11) is 1.64. The van der Waals surface area contributed by atoms with Gasteiger partial charge in [-0.1, -0.05) is 92.9 Å². The van der Waals surface area contributed by atoms with E-state index in [4.69, 9.17) is 4.74 Å². The molecule has 1 fully saturated rings. The monoisotopic (exact) mass is 526 g/mol. The van der Waals surface area contributed by atoms with Gasteiger partial charge in [-0.15, -0.1) is 0 Å². The van der Waals surface area contributed by atoms with E-state index in [1.165, 1.54) is 12.0 Å². The molecule has 0 unspecified atom stereocenters. The number of nitrogens with one attached hydrogen (secondary N) is 1. The lowest BCUT2D eigenvalue weighted by molar-refractivity contribution is -0.141. The molecule has 0 spiro atoms. The molecule has 39 heavy (non-hydrogen) atoms. The van der Waals surface area contributed by atoms with E-state index in [2.05, 4.69) is 36.5 Å². The van der Waals surface area contributed by atoms with E-state index in [0.29, 0.717) is 25.8 Å². The maximum absolute atomic E-state index is 13.9. The fourth-order valence-electron chi connectivity index (χ4n) is 5.40. The molecule has 1 N–H and O–H groups in total. The largest absolute Gasteiger partial charge is 0.497 e. The van der Waals surface area contributed by atoms with Crippen LogP contribution in [-0.2, 0) is 35.4 Å². The summed E-state index contributed by atoms with van der Waals surface area (Å²) in [4.78, 5) is 29.6. The summed E-state index contributed by atoms with van der Waals surface area (Å²) in [5.74, 6) is 0.661. The summed E-state index contributed by atoms with van der Waals surface area (Å²) in [6.07, 6.45) is 7.94. The molecule has 5 nitrogen and oxygen atoms in total. The summed E-state index contributed by atoms with van der Waals surface area (Å²) in [5, 5.41) is 3.31. The van der Waals surface area contributed by atoms with Crippen molar-refractivity contribution in [3.63, 3.8) is 0 Å². The summed E-state index contributed by atoms with van der Waals surface area (Å²) in [5.41, 5.74) is 4.40. The molecule has 2 amide bonds. The molecule has 5 heteroatoms. The second kappa shape index (κ2) is 14.5. The molecule has 1 aliphatic rings. The maximum atomic E-state index is 13.9. The number of aryl methyl sites for hydroxylation is 2. The van der Waals surface area contributed by atoms with Crippen molar-refractivity contribution in [2.45, 2.75) is 83.3 Å². The predicted octanol–water partition coefficient (Wildman–Crippen LogP) is 6.28. The molecule has 1 aliphatic carbocycles. The van der Waals surface area contributed by atoms with Gasteiger partial charge < -0.3 is 15.0 Å².